The van der Waals surface area contributed by atoms with E-state index in [4.69, 9.17) is 4.74 Å². The van der Waals surface area contributed by atoms with Crippen molar-refractivity contribution in [3.8, 4) is 5.75 Å². The van der Waals surface area contributed by atoms with Crippen molar-refractivity contribution < 1.29 is 14.3 Å². The third kappa shape index (κ3) is 6.39. The number of amides is 2. The molecule has 4 aromatic carbocycles. The molecule has 182 valence electrons. The van der Waals surface area contributed by atoms with Crippen molar-refractivity contribution in [2.45, 2.75) is 25.6 Å². The Balaban J connectivity index is 1.66. The molecule has 5 nitrogen and oxygen atoms in total. The summed E-state index contributed by atoms with van der Waals surface area (Å²) in [6, 6.07) is 35.6. The number of ether oxygens (including phenoxy) is 1. The molecule has 2 amide bonds. The number of para-hydroxylation sites is 1. The first kappa shape index (κ1) is 24.7. The van der Waals surface area contributed by atoms with E-state index in [0.29, 0.717) is 12.3 Å². The monoisotopic (exact) mass is 478 g/mol. The van der Waals surface area contributed by atoms with Crippen molar-refractivity contribution in [3.05, 3.63) is 138 Å². The second kappa shape index (κ2) is 12.4. The number of benzene rings is 4. The first-order valence-corrected chi connectivity index (χ1v) is 12.0. The summed E-state index contributed by atoms with van der Waals surface area (Å²) in [5, 5.41) is 3.04. The number of carbonyl (C=O) groups is 2. The summed E-state index contributed by atoms with van der Waals surface area (Å²) in [5.74, 6) is 0.339. The van der Waals surface area contributed by atoms with Crippen molar-refractivity contribution in [3.63, 3.8) is 0 Å². The number of hydrogen-bond acceptors (Lipinski definition) is 3. The smallest absolute Gasteiger partial charge is 0.247 e. The highest BCUT2D eigenvalue weighted by Gasteiger charge is 2.31. The van der Waals surface area contributed by atoms with Crippen molar-refractivity contribution in [2.75, 3.05) is 7.11 Å². The molecule has 36 heavy (non-hydrogen) atoms. The van der Waals surface area contributed by atoms with E-state index in [2.05, 4.69) is 5.32 Å². The summed E-state index contributed by atoms with van der Waals surface area (Å²) < 4.78 is 5.44. The van der Waals surface area contributed by atoms with Crippen LogP contribution in [0.15, 0.2) is 115 Å². The lowest BCUT2D eigenvalue weighted by molar-refractivity contribution is -0.141. The molecule has 1 atom stereocenters. The minimum Gasteiger partial charge on any atom is -0.496 e. The van der Waals surface area contributed by atoms with E-state index in [1.54, 1.807) is 12.0 Å². The third-order valence-electron chi connectivity index (χ3n) is 6.04. The molecule has 0 aromatic heterocycles. The molecule has 0 heterocycles. The van der Waals surface area contributed by atoms with Gasteiger partial charge in [-0.2, -0.15) is 0 Å². The molecule has 0 saturated carbocycles. The zero-order valence-electron chi connectivity index (χ0n) is 20.3. The molecule has 5 heteroatoms. The van der Waals surface area contributed by atoms with Gasteiger partial charge in [0.2, 0.25) is 11.8 Å². The highest BCUT2D eigenvalue weighted by atomic mass is 16.5. The molecular formula is C31H30N2O3. The highest BCUT2D eigenvalue weighted by molar-refractivity contribution is 5.89. The SMILES string of the molecule is COc1ccccc1CNC(=O)[C@@H](c1ccccc1)N(Cc1ccccc1)C(=O)Cc1ccccc1. The van der Waals surface area contributed by atoms with E-state index < -0.39 is 6.04 Å². The molecule has 1 N–H and O–H groups in total. The van der Waals surface area contributed by atoms with E-state index in [0.717, 1.165) is 22.3 Å². The van der Waals surface area contributed by atoms with Gasteiger partial charge in [0.25, 0.3) is 0 Å². The van der Waals surface area contributed by atoms with Crippen LogP contribution >= 0.6 is 0 Å². The van der Waals surface area contributed by atoms with E-state index in [-0.39, 0.29) is 24.8 Å². The number of methoxy groups -OCH3 is 1. The molecule has 0 radical (unpaired) electrons. The topological polar surface area (TPSA) is 58.6 Å². The van der Waals surface area contributed by atoms with Crippen LogP contribution in [0.3, 0.4) is 0 Å². The minimum atomic E-state index is -0.794. The van der Waals surface area contributed by atoms with Gasteiger partial charge in [0.05, 0.1) is 13.5 Å². The van der Waals surface area contributed by atoms with Gasteiger partial charge in [-0.25, -0.2) is 0 Å². The number of carbonyl (C=O) groups excluding carboxylic acids is 2. The van der Waals surface area contributed by atoms with Crippen LogP contribution < -0.4 is 10.1 Å². The highest BCUT2D eigenvalue weighted by Crippen LogP contribution is 2.26. The zero-order valence-corrected chi connectivity index (χ0v) is 20.3. The average Bonchev–Trinajstić information content (AvgIpc) is 2.93. The van der Waals surface area contributed by atoms with Crippen LogP contribution in [0.25, 0.3) is 0 Å². The fraction of sp³-hybridized carbons (Fsp3) is 0.161. The van der Waals surface area contributed by atoms with E-state index in [1.807, 2.05) is 115 Å². The van der Waals surface area contributed by atoms with Gasteiger partial charge in [0.15, 0.2) is 0 Å². The van der Waals surface area contributed by atoms with Gasteiger partial charge in [-0.3, -0.25) is 9.59 Å². The predicted octanol–water partition coefficient (Wildman–Crippen LogP) is 5.32. The molecule has 0 aliphatic rings. The van der Waals surface area contributed by atoms with Crippen LogP contribution in [0.4, 0.5) is 0 Å². The van der Waals surface area contributed by atoms with Crippen LogP contribution in [-0.4, -0.2) is 23.8 Å². The zero-order chi connectivity index (χ0) is 25.2. The van der Waals surface area contributed by atoms with Crippen molar-refractivity contribution in [1.82, 2.24) is 10.2 Å². The summed E-state index contributed by atoms with van der Waals surface area (Å²) in [6.45, 7) is 0.604. The van der Waals surface area contributed by atoms with Gasteiger partial charge in [0.1, 0.15) is 11.8 Å². The number of nitrogens with zero attached hydrogens (tertiary/aromatic N) is 1. The van der Waals surface area contributed by atoms with Crippen LogP contribution in [-0.2, 0) is 29.1 Å². The largest absolute Gasteiger partial charge is 0.496 e. The van der Waals surface area contributed by atoms with Crippen LogP contribution in [0, 0.1) is 0 Å². The Morgan fingerprint density at radius 2 is 1.31 bits per heavy atom. The molecule has 0 spiro atoms. The fourth-order valence-corrected chi connectivity index (χ4v) is 4.21. The average molecular weight is 479 g/mol. The summed E-state index contributed by atoms with van der Waals surface area (Å²) in [5.41, 5.74) is 3.48. The third-order valence-corrected chi connectivity index (χ3v) is 6.04. The Morgan fingerprint density at radius 3 is 1.94 bits per heavy atom. The minimum absolute atomic E-state index is 0.119. The Labute approximate surface area is 212 Å². The van der Waals surface area contributed by atoms with E-state index in [1.165, 1.54) is 0 Å². The Bertz CT molecular complexity index is 1260. The number of nitrogens with one attached hydrogen (secondary N) is 1. The molecule has 0 aliphatic heterocycles. The lowest BCUT2D eigenvalue weighted by Crippen LogP contribution is -2.43. The maximum absolute atomic E-state index is 13.8. The van der Waals surface area contributed by atoms with Gasteiger partial charge in [-0.05, 0) is 22.8 Å². The summed E-state index contributed by atoms with van der Waals surface area (Å²) in [4.78, 5) is 29.2. The molecule has 0 bridgehead atoms. The lowest BCUT2D eigenvalue weighted by Gasteiger charge is -2.32. The molecule has 0 fully saturated rings. The number of rotatable bonds is 10. The molecular weight excluding hydrogens is 448 g/mol. The van der Waals surface area contributed by atoms with Gasteiger partial charge < -0.3 is 15.0 Å². The van der Waals surface area contributed by atoms with Gasteiger partial charge in [-0.1, -0.05) is 109 Å². The van der Waals surface area contributed by atoms with Crippen LogP contribution in [0.1, 0.15) is 28.3 Å². The molecule has 0 saturated heterocycles. The number of hydrogen-bond donors (Lipinski definition) is 1. The second-order valence-electron chi connectivity index (χ2n) is 8.51. The summed E-state index contributed by atoms with van der Waals surface area (Å²) in [6.07, 6.45) is 0.205. The van der Waals surface area contributed by atoms with Gasteiger partial charge in [-0.15, -0.1) is 0 Å². The van der Waals surface area contributed by atoms with E-state index >= 15 is 0 Å². The molecule has 4 rings (SSSR count). The van der Waals surface area contributed by atoms with Crippen molar-refractivity contribution in [1.29, 1.82) is 0 Å². The Kier molecular flexibility index (Phi) is 8.49. The van der Waals surface area contributed by atoms with Gasteiger partial charge in [0, 0.05) is 18.7 Å². The predicted molar refractivity (Wildman–Crippen MR) is 141 cm³/mol. The normalized spacial score (nSPS) is 11.4. The molecule has 0 unspecified atom stereocenters. The second-order valence-corrected chi connectivity index (χ2v) is 8.51. The van der Waals surface area contributed by atoms with E-state index in [9.17, 15) is 9.59 Å². The fourth-order valence-electron chi connectivity index (χ4n) is 4.21. The lowest BCUT2D eigenvalue weighted by atomic mass is 10.0. The standard InChI is InChI=1S/C31H30N2O3/c1-36-28-20-12-11-19-27(28)22-32-31(35)30(26-17-9-4-10-18-26)33(23-25-15-7-3-8-16-25)29(34)21-24-13-5-2-6-14-24/h2-20,30H,21-23H2,1H3,(H,32,35)/t30-/m1/s1. The van der Waals surface area contributed by atoms with Crippen molar-refractivity contribution in [2.24, 2.45) is 0 Å². The van der Waals surface area contributed by atoms with Crippen LogP contribution in [0.5, 0.6) is 5.75 Å². The Morgan fingerprint density at radius 1 is 0.750 bits per heavy atom. The van der Waals surface area contributed by atoms with Crippen molar-refractivity contribution >= 4 is 11.8 Å². The molecule has 0 aliphatic carbocycles. The maximum atomic E-state index is 13.8. The van der Waals surface area contributed by atoms with Crippen LogP contribution in [0.2, 0.25) is 0 Å². The Hall–Kier alpha value is -4.38. The quantitative estimate of drug-likeness (QED) is 0.335. The summed E-state index contributed by atoms with van der Waals surface area (Å²) >= 11 is 0. The first-order chi connectivity index (χ1) is 17.7. The molecule has 4 aromatic rings. The first-order valence-electron chi connectivity index (χ1n) is 12.0. The summed E-state index contributed by atoms with van der Waals surface area (Å²) in [7, 11) is 1.61. The maximum Gasteiger partial charge on any atom is 0.247 e. The van der Waals surface area contributed by atoms with Gasteiger partial charge >= 0.3 is 0 Å².